The predicted molar refractivity (Wildman–Crippen MR) is 79.2 cm³/mol. The first-order valence-electron chi connectivity index (χ1n) is 5.93. The number of fused-ring (bicyclic) bond motifs is 1. The first kappa shape index (κ1) is 12.0. The molecule has 7 heteroatoms. The van der Waals surface area contributed by atoms with Gasteiger partial charge >= 0.3 is 0 Å². The molecule has 4 N–H and O–H groups in total. The minimum Gasteiger partial charge on any atom is -0.367 e. The molecule has 0 unspecified atom stereocenters. The largest absolute Gasteiger partial charge is 0.367 e. The molecule has 2 aromatic rings. The Morgan fingerprint density at radius 3 is 2.89 bits per heavy atom. The van der Waals surface area contributed by atoms with Crippen molar-refractivity contribution in [2.75, 3.05) is 22.2 Å². The normalized spacial score (nSPS) is 16.9. The molecule has 0 saturated carbocycles. The van der Waals surface area contributed by atoms with Crippen LogP contribution in [0.3, 0.4) is 0 Å². The van der Waals surface area contributed by atoms with Crippen molar-refractivity contribution in [3.63, 3.8) is 0 Å². The van der Waals surface area contributed by atoms with Crippen LogP contribution in [0.4, 0.5) is 11.8 Å². The first-order chi connectivity index (χ1) is 8.86. The Hall–Kier alpha value is -1.05. The molecule has 1 aliphatic rings. The molecule has 0 spiro atoms. The molecule has 0 aliphatic carbocycles. The van der Waals surface area contributed by atoms with Crippen LogP contribution in [0.25, 0.3) is 10.2 Å². The van der Waals surface area contributed by atoms with E-state index in [1.165, 1.54) is 24.3 Å². The van der Waals surface area contributed by atoms with Gasteiger partial charge in [0.15, 0.2) is 0 Å². The molecule has 1 saturated heterocycles. The SMILES string of the molecule is NNc1nc(NC2CCSCC2)c2ccsc2n1. The molecular weight excluding hydrogens is 266 g/mol. The van der Waals surface area contributed by atoms with E-state index in [1.54, 1.807) is 11.3 Å². The molecule has 0 radical (unpaired) electrons. The highest BCUT2D eigenvalue weighted by Crippen LogP contribution is 2.28. The zero-order valence-corrected chi connectivity index (χ0v) is 11.5. The summed E-state index contributed by atoms with van der Waals surface area (Å²) in [4.78, 5) is 9.73. The monoisotopic (exact) mass is 281 g/mol. The second-order valence-corrected chi connectivity index (χ2v) is 6.33. The molecule has 96 valence electrons. The number of aromatic nitrogens is 2. The third-order valence-electron chi connectivity index (χ3n) is 3.02. The van der Waals surface area contributed by atoms with Crippen molar-refractivity contribution in [2.45, 2.75) is 18.9 Å². The summed E-state index contributed by atoms with van der Waals surface area (Å²) >= 11 is 3.62. The van der Waals surface area contributed by atoms with Gasteiger partial charge in [-0.25, -0.2) is 10.8 Å². The van der Waals surface area contributed by atoms with E-state index >= 15 is 0 Å². The van der Waals surface area contributed by atoms with Crippen molar-refractivity contribution >= 4 is 45.1 Å². The molecule has 18 heavy (non-hydrogen) atoms. The Labute approximate surface area is 114 Å². The van der Waals surface area contributed by atoms with Crippen LogP contribution in [0.2, 0.25) is 0 Å². The van der Waals surface area contributed by atoms with Gasteiger partial charge in [-0.05, 0) is 35.8 Å². The van der Waals surface area contributed by atoms with Crippen molar-refractivity contribution in [3.05, 3.63) is 11.4 Å². The number of thiophene rings is 1. The summed E-state index contributed by atoms with van der Waals surface area (Å²) in [5.74, 6) is 9.21. The van der Waals surface area contributed by atoms with Crippen LogP contribution in [0, 0.1) is 0 Å². The Kier molecular flexibility index (Phi) is 3.53. The van der Waals surface area contributed by atoms with Gasteiger partial charge in [0.25, 0.3) is 0 Å². The Balaban J connectivity index is 1.91. The van der Waals surface area contributed by atoms with Gasteiger partial charge in [0.05, 0.1) is 5.39 Å². The number of nitrogens with two attached hydrogens (primary N) is 1. The van der Waals surface area contributed by atoms with Crippen LogP contribution in [0.15, 0.2) is 11.4 Å². The molecule has 0 amide bonds. The van der Waals surface area contributed by atoms with E-state index in [-0.39, 0.29) is 0 Å². The van der Waals surface area contributed by atoms with Gasteiger partial charge < -0.3 is 5.32 Å². The minimum absolute atomic E-state index is 0.470. The maximum atomic E-state index is 5.41. The number of hydrogen-bond acceptors (Lipinski definition) is 7. The van der Waals surface area contributed by atoms with Crippen LogP contribution in [0.5, 0.6) is 0 Å². The maximum Gasteiger partial charge on any atom is 0.240 e. The number of nitrogens with one attached hydrogen (secondary N) is 2. The third kappa shape index (κ3) is 2.38. The smallest absolute Gasteiger partial charge is 0.240 e. The lowest BCUT2D eigenvalue weighted by molar-refractivity contribution is 0.664. The number of hydrogen-bond donors (Lipinski definition) is 3. The highest BCUT2D eigenvalue weighted by Gasteiger charge is 2.16. The molecule has 0 aromatic carbocycles. The molecular formula is C11H15N5S2. The molecule has 3 rings (SSSR count). The Morgan fingerprint density at radius 1 is 1.28 bits per heavy atom. The number of thioether (sulfide) groups is 1. The predicted octanol–water partition coefficient (Wildman–Crippen LogP) is 2.28. The van der Waals surface area contributed by atoms with Gasteiger partial charge in [0.1, 0.15) is 10.6 Å². The van der Waals surface area contributed by atoms with E-state index in [4.69, 9.17) is 5.84 Å². The van der Waals surface area contributed by atoms with Crippen molar-refractivity contribution in [1.82, 2.24) is 9.97 Å². The van der Waals surface area contributed by atoms with Crippen molar-refractivity contribution < 1.29 is 0 Å². The van der Waals surface area contributed by atoms with Gasteiger partial charge in [-0.2, -0.15) is 16.7 Å². The number of rotatable bonds is 3. The van der Waals surface area contributed by atoms with Crippen LogP contribution in [-0.4, -0.2) is 27.5 Å². The lowest BCUT2D eigenvalue weighted by atomic mass is 10.1. The first-order valence-corrected chi connectivity index (χ1v) is 7.96. The highest BCUT2D eigenvalue weighted by atomic mass is 32.2. The van der Waals surface area contributed by atoms with Gasteiger partial charge in [-0.3, -0.25) is 5.43 Å². The fourth-order valence-electron chi connectivity index (χ4n) is 2.07. The summed E-state index contributed by atoms with van der Waals surface area (Å²) in [7, 11) is 0. The fraction of sp³-hybridized carbons (Fsp3) is 0.455. The van der Waals surface area contributed by atoms with Crippen molar-refractivity contribution in [2.24, 2.45) is 5.84 Å². The number of hydrazine groups is 1. The second-order valence-electron chi connectivity index (χ2n) is 4.21. The molecule has 3 heterocycles. The average Bonchev–Trinajstić information content (AvgIpc) is 2.88. The number of anilines is 2. The fourth-order valence-corrected chi connectivity index (χ4v) is 3.94. The van der Waals surface area contributed by atoms with Crippen molar-refractivity contribution in [3.8, 4) is 0 Å². The summed E-state index contributed by atoms with van der Waals surface area (Å²) in [5.41, 5.74) is 2.53. The topological polar surface area (TPSA) is 75.9 Å². The van der Waals surface area contributed by atoms with E-state index in [0.29, 0.717) is 12.0 Å². The van der Waals surface area contributed by atoms with Gasteiger partial charge in [-0.15, -0.1) is 11.3 Å². The van der Waals surface area contributed by atoms with Crippen LogP contribution < -0.4 is 16.6 Å². The Morgan fingerprint density at radius 2 is 2.11 bits per heavy atom. The third-order valence-corrected chi connectivity index (χ3v) is 4.87. The van der Waals surface area contributed by atoms with E-state index in [2.05, 4.69) is 26.8 Å². The lowest BCUT2D eigenvalue weighted by Gasteiger charge is -2.23. The summed E-state index contributed by atoms with van der Waals surface area (Å²) < 4.78 is 0. The summed E-state index contributed by atoms with van der Waals surface area (Å²) in [5, 5.41) is 6.64. The van der Waals surface area contributed by atoms with Gasteiger partial charge in [0.2, 0.25) is 5.95 Å². The van der Waals surface area contributed by atoms with Crippen LogP contribution in [0.1, 0.15) is 12.8 Å². The molecule has 2 aromatic heterocycles. The molecule has 5 nitrogen and oxygen atoms in total. The highest BCUT2D eigenvalue weighted by molar-refractivity contribution is 7.99. The van der Waals surface area contributed by atoms with Gasteiger partial charge in [-0.1, -0.05) is 0 Å². The van der Waals surface area contributed by atoms with Crippen molar-refractivity contribution in [1.29, 1.82) is 0 Å². The molecule has 0 atom stereocenters. The second kappa shape index (κ2) is 5.29. The molecule has 0 bridgehead atoms. The zero-order valence-electron chi connectivity index (χ0n) is 9.85. The number of nitrogen functional groups attached to an aromatic ring is 1. The standard InChI is InChI=1S/C11H15N5S2/c12-16-11-14-9(8-3-6-18-10(8)15-11)13-7-1-4-17-5-2-7/h3,6-7H,1-2,4-5,12H2,(H2,13,14,15,16). The van der Waals surface area contributed by atoms with E-state index in [0.717, 1.165) is 16.0 Å². The van der Waals surface area contributed by atoms with E-state index < -0.39 is 0 Å². The quantitative estimate of drug-likeness (QED) is 0.592. The van der Waals surface area contributed by atoms with Crippen LogP contribution >= 0.6 is 23.1 Å². The zero-order chi connectivity index (χ0) is 12.4. The minimum atomic E-state index is 0.470. The summed E-state index contributed by atoms with van der Waals surface area (Å²) in [6.45, 7) is 0. The van der Waals surface area contributed by atoms with E-state index in [9.17, 15) is 0 Å². The average molecular weight is 281 g/mol. The lowest BCUT2D eigenvalue weighted by Crippen LogP contribution is -2.25. The van der Waals surface area contributed by atoms with Gasteiger partial charge in [0, 0.05) is 6.04 Å². The molecule has 1 aliphatic heterocycles. The summed E-state index contributed by atoms with van der Waals surface area (Å²) in [6, 6.07) is 2.56. The Bertz CT molecular complexity index is 535. The molecule has 1 fully saturated rings. The van der Waals surface area contributed by atoms with Crippen LogP contribution in [-0.2, 0) is 0 Å². The van der Waals surface area contributed by atoms with E-state index in [1.807, 2.05) is 17.1 Å². The summed E-state index contributed by atoms with van der Waals surface area (Å²) in [6.07, 6.45) is 2.37. The number of nitrogens with zero attached hydrogens (tertiary/aromatic N) is 2. The maximum absolute atomic E-state index is 5.41.